The van der Waals surface area contributed by atoms with Crippen LogP contribution < -0.4 is 0 Å². The Balaban J connectivity index is 2.59. The number of rotatable bonds is 2. The first-order valence-electron chi connectivity index (χ1n) is 4.80. The van der Waals surface area contributed by atoms with Gasteiger partial charge < -0.3 is 0 Å². The third kappa shape index (κ3) is 2.24. The molecule has 2 rings (SSSR count). The fourth-order valence-electron chi connectivity index (χ4n) is 1.44. The zero-order chi connectivity index (χ0) is 13.3. The van der Waals surface area contributed by atoms with E-state index in [0.29, 0.717) is 10.7 Å². The van der Waals surface area contributed by atoms with Crippen LogP contribution in [-0.2, 0) is 6.18 Å². The standard InChI is InChI=1S/C11H6F4N2O/c12-7-1-3-9(4-2-7)17-10(11(13,14)15)5-8(6-18)16-17/h1-6H. The molecule has 0 N–H and O–H groups in total. The topological polar surface area (TPSA) is 34.9 Å². The van der Waals surface area contributed by atoms with E-state index >= 15 is 0 Å². The number of alkyl halides is 3. The van der Waals surface area contributed by atoms with Gasteiger partial charge in [0.15, 0.2) is 6.29 Å². The first-order valence-corrected chi connectivity index (χ1v) is 4.80. The third-order valence-corrected chi connectivity index (χ3v) is 2.21. The summed E-state index contributed by atoms with van der Waals surface area (Å²) in [7, 11) is 0. The highest BCUT2D eigenvalue weighted by atomic mass is 19.4. The van der Waals surface area contributed by atoms with Crippen LogP contribution in [-0.4, -0.2) is 16.1 Å². The Bertz CT molecular complexity index is 572. The van der Waals surface area contributed by atoms with Crippen molar-refractivity contribution < 1.29 is 22.4 Å². The predicted octanol–water partition coefficient (Wildman–Crippen LogP) is 2.84. The van der Waals surface area contributed by atoms with Crippen LogP contribution in [0, 0.1) is 5.82 Å². The molecule has 1 heterocycles. The number of hydrogen-bond donors (Lipinski definition) is 0. The second kappa shape index (κ2) is 4.25. The molecule has 0 radical (unpaired) electrons. The van der Waals surface area contributed by atoms with Crippen molar-refractivity contribution in [3.8, 4) is 5.69 Å². The van der Waals surface area contributed by atoms with Gasteiger partial charge >= 0.3 is 6.18 Å². The molecule has 1 aromatic heterocycles. The van der Waals surface area contributed by atoms with Gasteiger partial charge in [-0.2, -0.15) is 18.3 Å². The van der Waals surface area contributed by atoms with Crippen molar-refractivity contribution in [1.82, 2.24) is 9.78 Å². The summed E-state index contributed by atoms with van der Waals surface area (Å²) < 4.78 is 51.4. The molecule has 0 saturated heterocycles. The quantitative estimate of drug-likeness (QED) is 0.613. The lowest BCUT2D eigenvalue weighted by Gasteiger charge is -2.09. The van der Waals surface area contributed by atoms with Crippen molar-refractivity contribution in [3.05, 3.63) is 47.5 Å². The van der Waals surface area contributed by atoms with Crippen LogP contribution in [0.2, 0.25) is 0 Å². The Kier molecular flexibility index (Phi) is 2.90. The molecule has 3 nitrogen and oxygen atoms in total. The highest BCUT2D eigenvalue weighted by Crippen LogP contribution is 2.31. The highest BCUT2D eigenvalue weighted by Gasteiger charge is 2.36. The molecule has 0 atom stereocenters. The third-order valence-electron chi connectivity index (χ3n) is 2.21. The minimum absolute atomic E-state index is 0.0248. The van der Waals surface area contributed by atoms with Gasteiger partial charge in [-0.05, 0) is 30.3 Å². The van der Waals surface area contributed by atoms with Crippen LogP contribution in [0.1, 0.15) is 16.2 Å². The van der Waals surface area contributed by atoms with Gasteiger partial charge in [0.2, 0.25) is 0 Å². The molecular weight excluding hydrogens is 252 g/mol. The van der Waals surface area contributed by atoms with Crippen LogP contribution in [0.4, 0.5) is 17.6 Å². The first-order chi connectivity index (χ1) is 8.41. The lowest BCUT2D eigenvalue weighted by atomic mass is 10.3. The van der Waals surface area contributed by atoms with E-state index in [1.807, 2.05) is 0 Å². The molecule has 0 saturated carbocycles. The number of aldehydes is 1. The number of aromatic nitrogens is 2. The predicted molar refractivity (Wildman–Crippen MR) is 53.9 cm³/mol. The Hall–Kier alpha value is -2.18. The first kappa shape index (κ1) is 12.3. The minimum Gasteiger partial charge on any atom is -0.296 e. The van der Waals surface area contributed by atoms with Crippen molar-refractivity contribution in [2.24, 2.45) is 0 Å². The van der Waals surface area contributed by atoms with Crippen LogP contribution in [0.3, 0.4) is 0 Å². The van der Waals surface area contributed by atoms with E-state index in [-0.39, 0.29) is 17.7 Å². The summed E-state index contributed by atoms with van der Waals surface area (Å²) in [5.41, 5.74) is -1.40. The maximum Gasteiger partial charge on any atom is 0.433 e. The fourth-order valence-corrected chi connectivity index (χ4v) is 1.44. The van der Waals surface area contributed by atoms with Gasteiger partial charge in [0.25, 0.3) is 0 Å². The molecule has 0 amide bonds. The van der Waals surface area contributed by atoms with Crippen molar-refractivity contribution in [2.75, 3.05) is 0 Å². The Morgan fingerprint density at radius 1 is 1.17 bits per heavy atom. The van der Waals surface area contributed by atoms with Crippen molar-refractivity contribution in [1.29, 1.82) is 0 Å². The largest absolute Gasteiger partial charge is 0.433 e. The van der Waals surface area contributed by atoms with Crippen LogP contribution in [0.25, 0.3) is 5.69 Å². The second-order valence-electron chi connectivity index (χ2n) is 3.46. The van der Waals surface area contributed by atoms with Gasteiger partial charge in [0, 0.05) is 0 Å². The molecule has 2 aromatic rings. The van der Waals surface area contributed by atoms with Gasteiger partial charge in [0.1, 0.15) is 17.2 Å². The zero-order valence-electron chi connectivity index (χ0n) is 8.78. The molecule has 0 spiro atoms. The SMILES string of the molecule is O=Cc1cc(C(F)(F)F)n(-c2ccc(F)cc2)n1. The molecule has 94 valence electrons. The average Bonchev–Trinajstić information content (AvgIpc) is 2.74. The Morgan fingerprint density at radius 2 is 1.78 bits per heavy atom. The summed E-state index contributed by atoms with van der Waals surface area (Å²) in [5, 5.41) is 3.50. The zero-order valence-corrected chi connectivity index (χ0v) is 8.78. The van der Waals surface area contributed by atoms with Crippen LogP contribution >= 0.6 is 0 Å². The summed E-state index contributed by atoms with van der Waals surface area (Å²) in [4.78, 5) is 10.5. The smallest absolute Gasteiger partial charge is 0.296 e. The highest BCUT2D eigenvalue weighted by molar-refractivity contribution is 5.72. The molecule has 0 aliphatic heterocycles. The van der Waals surface area contributed by atoms with Gasteiger partial charge in [-0.25, -0.2) is 9.07 Å². The van der Waals surface area contributed by atoms with E-state index in [1.54, 1.807) is 0 Å². The summed E-state index contributed by atoms with van der Waals surface area (Å²) in [6, 6.07) is 4.95. The number of hydrogen-bond acceptors (Lipinski definition) is 2. The summed E-state index contributed by atoms with van der Waals surface area (Å²) >= 11 is 0. The molecule has 1 aromatic carbocycles. The molecule has 0 bridgehead atoms. The van der Waals surface area contributed by atoms with E-state index in [9.17, 15) is 22.4 Å². The van der Waals surface area contributed by atoms with E-state index in [4.69, 9.17) is 0 Å². The second-order valence-corrected chi connectivity index (χ2v) is 3.46. The summed E-state index contributed by atoms with van der Waals surface area (Å²) in [6.45, 7) is 0. The summed E-state index contributed by atoms with van der Waals surface area (Å²) in [6.07, 6.45) is -4.43. The van der Waals surface area contributed by atoms with E-state index in [0.717, 1.165) is 24.3 Å². The minimum atomic E-state index is -4.65. The van der Waals surface area contributed by atoms with Crippen LogP contribution in [0.5, 0.6) is 0 Å². The van der Waals surface area contributed by atoms with E-state index in [1.165, 1.54) is 0 Å². The maximum absolute atomic E-state index is 12.7. The van der Waals surface area contributed by atoms with E-state index in [2.05, 4.69) is 5.10 Å². The number of carbonyl (C=O) groups excluding carboxylic acids is 1. The lowest BCUT2D eigenvalue weighted by molar-refractivity contribution is -0.142. The van der Waals surface area contributed by atoms with Crippen molar-refractivity contribution >= 4 is 6.29 Å². The monoisotopic (exact) mass is 258 g/mol. The number of nitrogens with zero attached hydrogens (tertiary/aromatic N) is 2. The number of halogens is 4. The molecular formula is C11H6F4N2O. The number of carbonyl (C=O) groups is 1. The molecule has 7 heteroatoms. The number of benzene rings is 1. The van der Waals surface area contributed by atoms with Gasteiger partial charge in [-0.1, -0.05) is 0 Å². The van der Waals surface area contributed by atoms with Crippen molar-refractivity contribution in [2.45, 2.75) is 6.18 Å². The molecule has 0 aliphatic carbocycles. The molecule has 0 unspecified atom stereocenters. The maximum atomic E-state index is 12.7. The fraction of sp³-hybridized carbons (Fsp3) is 0.0909. The molecule has 0 fully saturated rings. The average molecular weight is 258 g/mol. The Labute approximate surface area is 98.6 Å². The normalized spacial score (nSPS) is 11.6. The van der Waals surface area contributed by atoms with Gasteiger partial charge in [-0.3, -0.25) is 4.79 Å². The van der Waals surface area contributed by atoms with Crippen LogP contribution in [0.15, 0.2) is 30.3 Å². The van der Waals surface area contributed by atoms with Gasteiger partial charge in [0.05, 0.1) is 5.69 Å². The molecule has 0 aliphatic rings. The van der Waals surface area contributed by atoms with E-state index < -0.39 is 17.7 Å². The van der Waals surface area contributed by atoms with Crippen molar-refractivity contribution in [3.63, 3.8) is 0 Å². The Morgan fingerprint density at radius 3 is 2.28 bits per heavy atom. The van der Waals surface area contributed by atoms with Gasteiger partial charge in [-0.15, -0.1) is 0 Å². The molecule has 18 heavy (non-hydrogen) atoms. The lowest BCUT2D eigenvalue weighted by Crippen LogP contribution is -2.13. The summed E-state index contributed by atoms with van der Waals surface area (Å²) in [5.74, 6) is -0.574.